The van der Waals surface area contributed by atoms with Gasteiger partial charge in [-0.05, 0) is 6.92 Å². The summed E-state index contributed by atoms with van der Waals surface area (Å²) in [6.07, 6.45) is 0. The number of rotatable bonds is 6. The van der Waals surface area contributed by atoms with E-state index in [4.69, 9.17) is 10.8 Å². The molecule has 1 atom stereocenters. The minimum atomic E-state index is -1.11. The molecule has 9 heteroatoms. The minimum Gasteiger partial charge on any atom is -0.476 e. The predicted molar refractivity (Wildman–Crippen MR) is 67.7 cm³/mol. The number of carboxylic acid groups (broad SMARTS) is 1. The molecule has 2 amide bonds. The van der Waals surface area contributed by atoms with Gasteiger partial charge in [0.2, 0.25) is 11.8 Å². The van der Waals surface area contributed by atoms with Gasteiger partial charge in [-0.3, -0.25) is 9.59 Å². The molecule has 5 N–H and O–H groups in total. The van der Waals surface area contributed by atoms with Crippen molar-refractivity contribution in [1.29, 1.82) is 0 Å². The minimum absolute atomic E-state index is 0.0578. The van der Waals surface area contributed by atoms with Crippen LogP contribution in [0.1, 0.15) is 28.5 Å². The van der Waals surface area contributed by atoms with Crippen molar-refractivity contribution < 1.29 is 19.5 Å². The molecule has 0 aliphatic rings. The molecule has 0 aliphatic carbocycles. The van der Waals surface area contributed by atoms with Gasteiger partial charge in [-0.25, -0.2) is 9.78 Å². The van der Waals surface area contributed by atoms with Crippen molar-refractivity contribution >= 4 is 29.1 Å². The van der Waals surface area contributed by atoms with Gasteiger partial charge in [-0.15, -0.1) is 11.3 Å². The van der Waals surface area contributed by atoms with Gasteiger partial charge < -0.3 is 21.5 Å². The van der Waals surface area contributed by atoms with Crippen LogP contribution in [0.2, 0.25) is 0 Å². The number of amides is 2. The number of nitrogens with zero attached hydrogens (tertiary/aromatic N) is 1. The lowest BCUT2D eigenvalue weighted by molar-refractivity contribution is -0.125. The lowest BCUT2D eigenvalue weighted by atomic mass is 10.3. The van der Waals surface area contributed by atoms with Gasteiger partial charge >= 0.3 is 5.97 Å². The second-order valence-electron chi connectivity index (χ2n) is 3.65. The first kappa shape index (κ1) is 15.1. The number of aromatic nitrogens is 1. The van der Waals surface area contributed by atoms with Gasteiger partial charge in [-0.1, -0.05) is 0 Å². The summed E-state index contributed by atoms with van der Waals surface area (Å²) in [5, 5.41) is 15.5. The standard InChI is InChI=1S/C10H14N4O4S/c1-5(9-14-6(4-19-9)10(17)18)13-8(16)3-12-7(15)2-11/h4-5H,2-3,11H2,1H3,(H,12,15)(H,13,16)(H,17,18). The number of carbonyl (C=O) groups excluding carboxylic acids is 2. The molecule has 0 saturated carbocycles. The van der Waals surface area contributed by atoms with Crippen LogP contribution in [0.25, 0.3) is 0 Å². The third kappa shape index (κ3) is 4.64. The Morgan fingerprint density at radius 3 is 2.68 bits per heavy atom. The van der Waals surface area contributed by atoms with E-state index in [1.54, 1.807) is 6.92 Å². The zero-order chi connectivity index (χ0) is 14.4. The molecule has 0 aliphatic heterocycles. The Hall–Kier alpha value is -2.00. The van der Waals surface area contributed by atoms with Crippen molar-refractivity contribution in [2.75, 3.05) is 13.1 Å². The third-order valence-corrected chi connectivity index (χ3v) is 3.15. The van der Waals surface area contributed by atoms with E-state index in [0.29, 0.717) is 5.01 Å². The van der Waals surface area contributed by atoms with Gasteiger partial charge in [0.05, 0.1) is 19.1 Å². The van der Waals surface area contributed by atoms with E-state index in [0.717, 1.165) is 11.3 Å². The molecule has 0 aromatic carbocycles. The number of hydrogen-bond donors (Lipinski definition) is 4. The first-order valence-electron chi connectivity index (χ1n) is 5.39. The number of carboxylic acids is 1. The Kier molecular flexibility index (Phi) is 5.39. The molecular weight excluding hydrogens is 272 g/mol. The van der Waals surface area contributed by atoms with Crippen LogP contribution in [0.4, 0.5) is 0 Å². The summed E-state index contributed by atoms with van der Waals surface area (Å²) < 4.78 is 0. The largest absolute Gasteiger partial charge is 0.476 e. The number of thiazole rings is 1. The molecule has 0 spiro atoms. The lowest BCUT2D eigenvalue weighted by Crippen LogP contribution is -2.40. The highest BCUT2D eigenvalue weighted by atomic mass is 32.1. The quantitative estimate of drug-likeness (QED) is 0.535. The molecule has 0 saturated heterocycles. The molecule has 0 fully saturated rings. The lowest BCUT2D eigenvalue weighted by Gasteiger charge is -2.11. The van der Waals surface area contributed by atoms with E-state index in [1.165, 1.54) is 5.38 Å². The van der Waals surface area contributed by atoms with Gasteiger partial charge in [0.15, 0.2) is 5.69 Å². The molecule has 104 valence electrons. The van der Waals surface area contributed by atoms with Gasteiger partial charge in [0.25, 0.3) is 0 Å². The Morgan fingerprint density at radius 2 is 2.16 bits per heavy atom. The second kappa shape index (κ2) is 6.81. The summed E-state index contributed by atoms with van der Waals surface area (Å²) in [6.45, 7) is 1.31. The topological polar surface area (TPSA) is 134 Å². The fraction of sp³-hybridized carbons (Fsp3) is 0.400. The first-order chi connectivity index (χ1) is 8.93. The number of aromatic carboxylic acids is 1. The molecule has 19 heavy (non-hydrogen) atoms. The van der Waals surface area contributed by atoms with Crippen LogP contribution < -0.4 is 16.4 Å². The predicted octanol–water partition coefficient (Wildman–Crippen LogP) is -0.907. The van der Waals surface area contributed by atoms with Crippen molar-refractivity contribution in [2.45, 2.75) is 13.0 Å². The Morgan fingerprint density at radius 1 is 1.47 bits per heavy atom. The Bertz CT molecular complexity index is 488. The van der Waals surface area contributed by atoms with Crippen molar-refractivity contribution in [1.82, 2.24) is 15.6 Å². The van der Waals surface area contributed by atoms with E-state index < -0.39 is 23.8 Å². The monoisotopic (exact) mass is 286 g/mol. The fourth-order valence-electron chi connectivity index (χ4n) is 1.19. The molecule has 1 aromatic rings. The number of hydrogen-bond acceptors (Lipinski definition) is 6. The number of carbonyl (C=O) groups is 3. The van der Waals surface area contributed by atoms with E-state index in [1.807, 2.05) is 0 Å². The third-order valence-electron chi connectivity index (χ3n) is 2.12. The van der Waals surface area contributed by atoms with Crippen LogP contribution in [0.3, 0.4) is 0 Å². The van der Waals surface area contributed by atoms with Crippen molar-refractivity contribution in [3.05, 3.63) is 16.1 Å². The van der Waals surface area contributed by atoms with Crippen LogP contribution in [-0.2, 0) is 9.59 Å². The van der Waals surface area contributed by atoms with Gasteiger partial charge in [0, 0.05) is 5.38 Å². The van der Waals surface area contributed by atoms with Crippen LogP contribution in [0, 0.1) is 0 Å². The molecule has 1 heterocycles. The van der Waals surface area contributed by atoms with E-state index in [-0.39, 0.29) is 18.8 Å². The van der Waals surface area contributed by atoms with Crippen LogP contribution >= 0.6 is 11.3 Å². The number of nitrogens with one attached hydrogen (secondary N) is 2. The van der Waals surface area contributed by atoms with Crippen LogP contribution in [0.5, 0.6) is 0 Å². The highest BCUT2D eigenvalue weighted by molar-refractivity contribution is 7.09. The SMILES string of the molecule is CC(NC(=O)CNC(=O)CN)c1nc(C(=O)O)cs1. The van der Waals surface area contributed by atoms with Crippen LogP contribution in [0.15, 0.2) is 5.38 Å². The van der Waals surface area contributed by atoms with Crippen molar-refractivity contribution in [2.24, 2.45) is 5.73 Å². The smallest absolute Gasteiger partial charge is 0.355 e. The maximum atomic E-state index is 11.5. The van der Waals surface area contributed by atoms with E-state index in [9.17, 15) is 14.4 Å². The summed E-state index contributed by atoms with van der Waals surface area (Å²) in [5.41, 5.74) is 5.02. The first-order valence-corrected chi connectivity index (χ1v) is 6.26. The summed E-state index contributed by atoms with van der Waals surface area (Å²) in [6, 6.07) is -0.430. The molecule has 1 aromatic heterocycles. The fourth-order valence-corrected chi connectivity index (χ4v) is 1.99. The summed E-state index contributed by atoms with van der Waals surface area (Å²) in [7, 11) is 0. The van der Waals surface area contributed by atoms with Crippen LogP contribution in [-0.4, -0.2) is 41.0 Å². The molecule has 8 nitrogen and oxygen atoms in total. The number of nitrogens with two attached hydrogens (primary N) is 1. The highest BCUT2D eigenvalue weighted by Crippen LogP contribution is 2.17. The van der Waals surface area contributed by atoms with Crippen molar-refractivity contribution in [3.8, 4) is 0 Å². The zero-order valence-corrected chi connectivity index (χ0v) is 11.0. The van der Waals surface area contributed by atoms with Gasteiger partial charge in [0.1, 0.15) is 5.01 Å². The maximum Gasteiger partial charge on any atom is 0.355 e. The van der Waals surface area contributed by atoms with E-state index >= 15 is 0 Å². The highest BCUT2D eigenvalue weighted by Gasteiger charge is 2.16. The molecule has 1 rings (SSSR count). The Balaban J connectivity index is 2.49. The average molecular weight is 286 g/mol. The Labute approximate surface area is 113 Å². The van der Waals surface area contributed by atoms with Gasteiger partial charge in [-0.2, -0.15) is 0 Å². The normalized spacial score (nSPS) is 11.7. The van der Waals surface area contributed by atoms with E-state index in [2.05, 4.69) is 15.6 Å². The zero-order valence-electron chi connectivity index (χ0n) is 10.2. The van der Waals surface area contributed by atoms with Crippen molar-refractivity contribution in [3.63, 3.8) is 0 Å². The second-order valence-corrected chi connectivity index (χ2v) is 4.54. The molecule has 1 unspecified atom stereocenters. The summed E-state index contributed by atoms with van der Waals surface area (Å²) in [4.78, 5) is 36.9. The summed E-state index contributed by atoms with van der Waals surface area (Å²) in [5.74, 6) is -1.94. The maximum absolute atomic E-state index is 11.5. The molecule has 0 bridgehead atoms. The average Bonchev–Trinajstić information content (AvgIpc) is 2.85. The summed E-state index contributed by atoms with van der Waals surface area (Å²) >= 11 is 1.14. The molecule has 0 radical (unpaired) electrons. The molecular formula is C10H14N4O4S.